The first kappa shape index (κ1) is 6.44. The second kappa shape index (κ2) is 2.75. The van der Waals surface area contributed by atoms with E-state index in [-0.39, 0.29) is 12.5 Å². The molecule has 0 aromatic heterocycles. The second-order valence-corrected chi connectivity index (χ2v) is 2.28. The minimum Gasteiger partial charge on any atom is -0.368 e. The molecular weight excluding hydrogens is 138 g/mol. The molecule has 1 aliphatic heterocycles. The number of primary amides is 1. The molecule has 1 heterocycles. The lowest BCUT2D eigenvalue weighted by atomic mass is 10.6. The number of rotatable bonds is 2. The highest BCUT2D eigenvalue weighted by Crippen LogP contribution is 2.06. The highest BCUT2D eigenvalue weighted by Gasteiger charge is 2.05. The van der Waals surface area contributed by atoms with Gasteiger partial charge in [-0.3, -0.25) is 9.80 Å². The smallest absolute Gasteiger partial charge is 0.238 e. The van der Waals surface area contributed by atoms with E-state index in [1.54, 1.807) is 11.2 Å². The Balaban J connectivity index is 2.28. The average Bonchev–Trinajstić information content (AvgIpc) is 2.15. The van der Waals surface area contributed by atoms with Gasteiger partial charge in [-0.05, 0) is 11.9 Å². The van der Waals surface area contributed by atoms with Crippen molar-refractivity contribution in [2.75, 3.05) is 6.54 Å². The molecule has 3 N–H and O–H groups in total. The van der Waals surface area contributed by atoms with Crippen LogP contribution < -0.4 is 10.6 Å². The topological polar surface area (TPSA) is 58.4 Å². The first-order valence-electron chi connectivity index (χ1n) is 2.42. The largest absolute Gasteiger partial charge is 0.368 e. The van der Waals surface area contributed by atoms with Crippen LogP contribution in [-0.4, -0.2) is 17.5 Å². The zero-order valence-electron chi connectivity index (χ0n) is 4.70. The van der Waals surface area contributed by atoms with Gasteiger partial charge in [0.15, 0.2) is 0 Å². The molecule has 0 unspecified atom stereocenters. The van der Waals surface area contributed by atoms with E-state index in [2.05, 4.69) is 4.83 Å². The van der Waals surface area contributed by atoms with Gasteiger partial charge in [0.05, 0.1) is 0 Å². The highest BCUT2D eigenvalue weighted by molar-refractivity contribution is 8.00. The molecule has 0 radical (unpaired) electrons. The Morgan fingerprint density at radius 2 is 2.67 bits per heavy atom. The van der Waals surface area contributed by atoms with Gasteiger partial charge >= 0.3 is 0 Å². The fraction of sp³-hybridized carbons (Fsp3) is 0.250. The minimum absolute atomic E-state index is 0.226. The molecule has 1 amide bonds. The highest BCUT2D eigenvalue weighted by atomic mass is 32.2. The van der Waals surface area contributed by atoms with Gasteiger partial charge in [-0.2, -0.15) is 4.83 Å². The van der Waals surface area contributed by atoms with E-state index in [9.17, 15) is 4.79 Å². The number of nitrogens with two attached hydrogens (primary N) is 1. The van der Waals surface area contributed by atoms with Crippen molar-refractivity contribution in [1.29, 1.82) is 0 Å². The summed E-state index contributed by atoms with van der Waals surface area (Å²) in [6.07, 6.45) is 1.76. The molecule has 0 aromatic rings. The molecule has 0 aliphatic carbocycles. The summed E-state index contributed by atoms with van der Waals surface area (Å²) in [6, 6.07) is 0. The number of amides is 1. The standard InChI is InChI=1S/C4H7N3OS/c5-4(8)3-7-1-2-9-6-7/h1-2,6H,3H2,(H2,5,8). The van der Waals surface area contributed by atoms with Crippen LogP contribution in [0.3, 0.4) is 0 Å². The van der Waals surface area contributed by atoms with Crippen LogP contribution in [0.5, 0.6) is 0 Å². The summed E-state index contributed by atoms with van der Waals surface area (Å²) in [6.45, 7) is 0.226. The van der Waals surface area contributed by atoms with Gasteiger partial charge in [0.2, 0.25) is 5.91 Å². The summed E-state index contributed by atoms with van der Waals surface area (Å²) in [5, 5.41) is 3.45. The normalized spacial score (nSPS) is 16.7. The van der Waals surface area contributed by atoms with Crippen molar-refractivity contribution in [2.45, 2.75) is 0 Å². The number of carbonyl (C=O) groups is 1. The molecule has 0 spiro atoms. The third kappa shape index (κ3) is 1.95. The lowest BCUT2D eigenvalue weighted by Gasteiger charge is -2.10. The summed E-state index contributed by atoms with van der Waals surface area (Å²) in [4.78, 5) is 13.1. The third-order valence-electron chi connectivity index (χ3n) is 0.805. The van der Waals surface area contributed by atoms with Crippen molar-refractivity contribution in [3.8, 4) is 0 Å². The molecule has 9 heavy (non-hydrogen) atoms. The third-order valence-corrected chi connectivity index (χ3v) is 1.40. The Kier molecular flexibility index (Phi) is 1.96. The second-order valence-electron chi connectivity index (χ2n) is 1.59. The summed E-state index contributed by atoms with van der Waals surface area (Å²) in [5.41, 5.74) is 4.91. The number of hydrogen-bond donors (Lipinski definition) is 2. The molecule has 1 rings (SSSR count). The summed E-state index contributed by atoms with van der Waals surface area (Å²) in [5.74, 6) is -0.338. The molecular formula is C4H7N3OS. The monoisotopic (exact) mass is 145 g/mol. The zero-order chi connectivity index (χ0) is 6.69. The molecule has 0 fully saturated rings. The molecule has 0 saturated carbocycles. The molecule has 5 heteroatoms. The van der Waals surface area contributed by atoms with Crippen LogP contribution >= 0.6 is 11.9 Å². The fourth-order valence-electron chi connectivity index (χ4n) is 0.485. The van der Waals surface area contributed by atoms with Crippen LogP contribution in [0, 0.1) is 0 Å². The van der Waals surface area contributed by atoms with Gasteiger partial charge in [-0.1, -0.05) is 0 Å². The van der Waals surface area contributed by atoms with Gasteiger partial charge in [0.1, 0.15) is 6.54 Å². The molecule has 0 atom stereocenters. The quantitative estimate of drug-likeness (QED) is 0.510. The van der Waals surface area contributed by atoms with E-state index in [1.807, 2.05) is 5.41 Å². The molecule has 0 aromatic carbocycles. The van der Waals surface area contributed by atoms with Gasteiger partial charge in [-0.25, -0.2) is 0 Å². The lowest BCUT2D eigenvalue weighted by Crippen LogP contribution is -2.33. The van der Waals surface area contributed by atoms with Crippen LogP contribution in [0.1, 0.15) is 0 Å². The van der Waals surface area contributed by atoms with Gasteiger partial charge in [0.25, 0.3) is 0 Å². The van der Waals surface area contributed by atoms with E-state index in [4.69, 9.17) is 5.73 Å². The van der Waals surface area contributed by atoms with Crippen LogP contribution in [0.4, 0.5) is 0 Å². The Bertz CT molecular complexity index is 147. The van der Waals surface area contributed by atoms with Crippen LogP contribution in [0.15, 0.2) is 11.6 Å². The Morgan fingerprint density at radius 3 is 3.11 bits per heavy atom. The Morgan fingerprint density at radius 1 is 1.89 bits per heavy atom. The average molecular weight is 145 g/mol. The maximum Gasteiger partial charge on any atom is 0.238 e. The molecule has 4 nitrogen and oxygen atoms in total. The fourth-order valence-corrected chi connectivity index (χ4v) is 1.01. The maximum absolute atomic E-state index is 10.3. The summed E-state index contributed by atoms with van der Waals surface area (Å²) >= 11 is 1.41. The van der Waals surface area contributed by atoms with E-state index < -0.39 is 0 Å². The first-order chi connectivity index (χ1) is 4.29. The number of hydrogen-bond acceptors (Lipinski definition) is 4. The van der Waals surface area contributed by atoms with Crippen molar-refractivity contribution in [1.82, 2.24) is 9.84 Å². The van der Waals surface area contributed by atoms with Gasteiger partial charge < -0.3 is 5.73 Å². The molecule has 0 bridgehead atoms. The minimum atomic E-state index is -0.338. The van der Waals surface area contributed by atoms with E-state index >= 15 is 0 Å². The number of carbonyl (C=O) groups excluding carboxylic acids is 1. The van der Waals surface area contributed by atoms with Gasteiger partial charge in [-0.15, -0.1) is 0 Å². The van der Waals surface area contributed by atoms with Crippen molar-refractivity contribution < 1.29 is 4.79 Å². The van der Waals surface area contributed by atoms with Crippen molar-refractivity contribution >= 4 is 17.9 Å². The lowest BCUT2D eigenvalue weighted by molar-refractivity contribution is -0.118. The van der Waals surface area contributed by atoms with Crippen molar-refractivity contribution in [2.24, 2.45) is 5.73 Å². The zero-order valence-corrected chi connectivity index (χ0v) is 5.52. The van der Waals surface area contributed by atoms with Gasteiger partial charge in [0, 0.05) is 11.6 Å². The van der Waals surface area contributed by atoms with E-state index in [0.717, 1.165) is 0 Å². The van der Waals surface area contributed by atoms with Crippen LogP contribution in [0.2, 0.25) is 0 Å². The number of hydrazine groups is 1. The number of nitrogens with one attached hydrogen (secondary N) is 1. The van der Waals surface area contributed by atoms with Crippen LogP contribution in [0.25, 0.3) is 0 Å². The molecule has 1 aliphatic rings. The summed E-state index contributed by atoms with van der Waals surface area (Å²) in [7, 11) is 0. The Hall–Kier alpha value is -0.680. The van der Waals surface area contributed by atoms with Crippen molar-refractivity contribution in [3.05, 3.63) is 11.6 Å². The van der Waals surface area contributed by atoms with Crippen molar-refractivity contribution in [3.63, 3.8) is 0 Å². The Labute approximate surface area is 57.2 Å². The predicted molar refractivity (Wildman–Crippen MR) is 35.8 cm³/mol. The van der Waals surface area contributed by atoms with E-state index in [1.165, 1.54) is 11.9 Å². The molecule has 50 valence electrons. The maximum atomic E-state index is 10.3. The molecule has 0 saturated heterocycles. The van der Waals surface area contributed by atoms with E-state index in [0.29, 0.717) is 0 Å². The predicted octanol–water partition coefficient (Wildman–Crippen LogP) is -0.589. The number of nitrogens with zero attached hydrogens (tertiary/aromatic N) is 1. The van der Waals surface area contributed by atoms with Crippen LogP contribution in [-0.2, 0) is 4.79 Å². The first-order valence-corrected chi connectivity index (χ1v) is 3.30. The SMILES string of the molecule is NC(=O)CN1C=CSN1. The summed E-state index contributed by atoms with van der Waals surface area (Å²) < 4.78 is 0.